The number of rotatable bonds is 3. The summed E-state index contributed by atoms with van der Waals surface area (Å²) in [4.78, 5) is 12.0. The van der Waals surface area contributed by atoms with Gasteiger partial charge in [-0.2, -0.15) is 0 Å². The fourth-order valence-electron chi connectivity index (χ4n) is 2.21. The smallest absolute Gasteiger partial charge is 0.237 e. The van der Waals surface area contributed by atoms with E-state index in [1.807, 2.05) is 37.3 Å². The van der Waals surface area contributed by atoms with E-state index >= 15 is 0 Å². The summed E-state index contributed by atoms with van der Waals surface area (Å²) in [5, 5.41) is 6.33. The fraction of sp³-hybridized carbons (Fsp3) is 0.500. The summed E-state index contributed by atoms with van der Waals surface area (Å²) in [6, 6.07) is 10.1. The van der Waals surface area contributed by atoms with Crippen LogP contribution >= 0.6 is 0 Å². The Morgan fingerprint density at radius 1 is 1.35 bits per heavy atom. The number of nitrogens with one attached hydrogen (secondary N) is 2. The first-order chi connectivity index (χ1) is 8.27. The van der Waals surface area contributed by atoms with Crippen LogP contribution in [0.15, 0.2) is 30.3 Å². The molecule has 1 heterocycles. The lowest BCUT2D eigenvalue weighted by molar-refractivity contribution is -0.124. The van der Waals surface area contributed by atoms with Crippen LogP contribution < -0.4 is 10.6 Å². The minimum Gasteiger partial charge on any atom is -0.348 e. The van der Waals surface area contributed by atoms with Gasteiger partial charge in [-0.25, -0.2) is 0 Å². The highest BCUT2D eigenvalue weighted by Crippen LogP contribution is 2.13. The molecule has 0 radical (unpaired) electrons. The van der Waals surface area contributed by atoms with Crippen molar-refractivity contribution in [3.63, 3.8) is 0 Å². The van der Waals surface area contributed by atoms with Crippen molar-refractivity contribution in [3.05, 3.63) is 35.9 Å². The molecule has 2 atom stereocenters. The maximum Gasteiger partial charge on any atom is 0.237 e. The van der Waals surface area contributed by atoms with E-state index in [1.165, 1.54) is 6.42 Å². The number of amides is 1. The van der Waals surface area contributed by atoms with Gasteiger partial charge in [0.05, 0.1) is 12.1 Å². The lowest BCUT2D eigenvalue weighted by Crippen LogP contribution is -2.47. The first-order valence-corrected chi connectivity index (χ1v) is 6.36. The summed E-state index contributed by atoms with van der Waals surface area (Å²) in [6.45, 7) is 2.98. The molecule has 1 saturated heterocycles. The van der Waals surface area contributed by atoms with Crippen LogP contribution in [0.5, 0.6) is 0 Å². The Labute approximate surface area is 103 Å². The minimum absolute atomic E-state index is 0.00471. The van der Waals surface area contributed by atoms with Crippen LogP contribution in [0.3, 0.4) is 0 Å². The Hall–Kier alpha value is -1.35. The molecule has 0 unspecified atom stereocenters. The molecule has 92 valence electrons. The van der Waals surface area contributed by atoms with Crippen LogP contribution in [0.4, 0.5) is 0 Å². The summed E-state index contributed by atoms with van der Waals surface area (Å²) in [5.74, 6) is 0.126. The maximum absolute atomic E-state index is 12.0. The Morgan fingerprint density at radius 2 is 2.12 bits per heavy atom. The molecule has 0 bridgehead atoms. The van der Waals surface area contributed by atoms with E-state index in [2.05, 4.69) is 10.6 Å². The highest BCUT2D eigenvalue weighted by atomic mass is 16.2. The van der Waals surface area contributed by atoms with Gasteiger partial charge in [-0.1, -0.05) is 36.8 Å². The lowest BCUT2D eigenvalue weighted by Gasteiger charge is -2.24. The maximum atomic E-state index is 12.0. The molecule has 2 N–H and O–H groups in total. The van der Waals surface area contributed by atoms with Gasteiger partial charge in [0.1, 0.15) is 0 Å². The van der Waals surface area contributed by atoms with Crippen molar-refractivity contribution in [2.75, 3.05) is 6.54 Å². The number of benzene rings is 1. The second-order valence-corrected chi connectivity index (χ2v) is 4.64. The molecule has 17 heavy (non-hydrogen) atoms. The SMILES string of the molecule is C[C@@H](NC(=O)[C@H]1CCCCN1)c1ccccc1. The third-order valence-electron chi connectivity index (χ3n) is 3.29. The normalized spacial score (nSPS) is 21.8. The zero-order chi connectivity index (χ0) is 12.1. The van der Waals surface area contributed by atoms with E-state index in [0.29, 0.717) is 0 Å². The molecule has 1 fully saturated rings. The largest absolute Gasteiger partial charge is 0.348 e. The average Bonchev–Trinajstić information content (AvgIpc) is 2.40. The van der Waals surface area contributed by atoms with Crippen LogP contribution in [0.1, 0.15) is 37.8 Å². The second kappa shape index (κ2) is 5.82. The van der Waals surface area contributed by atoms with E-state index in [4.69, 9.17) is 0 Å². The van der Waals surface area contributed by atoms with Gasteiger partial charge in [0, 0.05) is 0 Å². The Kier molecular flexibility index (Phi) is 4.15. The predicted octanol–water partition coefficient (Wildman–Crippen LogP) is 2.01. The quantitative estimate of drug-likeness (QED) is 0.837. The fourth-order valence-corrected chi connectivity index (χ4v) is 2.21. The molecule has 3 nitrogen and oxygen atoms in total. The highest BCUT2D eigenvalue weighted by Gasteiger charge is 2.21. The van der Waals surface area contributed by atoms with Crippen molar-refractivity contribution < 1.29 is 4.79 Å². The molecule has 0 aliphatic carbocycles. The van der Waals surface area contributed by atoms with Gasteiger partial charge in [-0.15, -0.1) is 0 Å². The summed E-state index contributed by atoms with van der Waals surface area (Å²) < 4.78 is 0. The van der Waals surface area contributed by atoms with Crippen molar-refractivity contribution in [1.82, 2.24) is 10.6 Å². The Balaban J connectivity index is 1.89. The summed E-state index contributed by atoms with van der Waals surface area (Å²) in [7, 11) is 0. The van der Waals surface area contributed by atoms with Crippen LogP contribution in [0.25, 0.3) is 0 Å². The molecule has 2 rings (SSSR count). The second-order valence-electron chi connectivity index (χ2n) is 4.64. The molecular formula is C14H20N2O. The first-order valence-electron chi connectivity index (χ1n) is 6.36. The molecule has 3 heteroatoms. The van der Waals surface area contributed by atoms with Gasteiger partial charge in [0.2, 0.25) is 5.91 Å². The van der Waals surface area contributed by atoms with Crippen LogP contribution in [-0.4, -0.2) is 18.5 Å². The van der Waals surface area contributed by atoms with Gasteiger partial charge < -0.3 is 10.6 Å². The van der Waals surface area contributed by atoms with Crippen LogP contribution in [0, 0.1) is 0 Å². The number of carbonyl (C=O) groups excluding carboxylic acids is 1. The van der Waals surface area contributed by atoms with E-state index in [0.717, 1.165) is 24.9 Å². The minimum atomic E-state index is -0.00471. The van der Waals surface area contributed by atoms with E-state index in [1.54, 1.807) is 0 Å². The van der Waals surface area contributed by atoms with E-state index in [-0.39, 0.29) is 18.0 Å². The third-order valence-corrected chi connectivity index (χ3v) is 3.29. The van der Waals surface area contributed by atoms with Crippen molar-refractivity contribution in [2.45, 2.75) is 38.3 Å². The summed E-state index contributed by atoms with van der Waals surface area (Å²) in [6.07, 6.45) is 3.27. The van der Waals surface area contributed by atoms with Gasteiger partial charge in [0.25, 0.3) is 0 Å². The zero-order valence-corrected chi connectivity index (χ0v) is 10.3. The molecule has 0 aromatic heterocycles. The van der Waals surface area contributed by atoms with Crippen molar-refractivity contribution in [3.8, 4) is 0 Å². The Morgan fingerprint density at radius 3 is 2.76 bits per heavy atom. The van der Waals surface area contributed by atoms with Gasteiger partial charge >= 0.3 is 0 Å². The molecule has 1 aromatic rings. The highest BCUT2D eigenvalue weighted by molar-refractivity contribution is 5.82. The first kappa shape index (κ1) is 12.1. The zero-order valence-electron chi connectivity index (χ0n) is 10.3. The third kappa shape index (κ3) is 3.30. The number of hydrogen-bond donors (Lipinski definition) is 2. The molecule has 0 spiro atoms. The Bertz CT molecular complexity index is 358. The van der Waals surface area contributed by atoms with Crippen LogP contribution in [0.2, 0.25) is 0 Å². The van der Waals surface area contributed by atoms with Gasteiger partial charge in [-0.05, 0) is 31.9 Å². The van der Waals surface area contributed by atoms with Gasteiger partial charge in [0.15, 0.2) is 0 Å². The average molecular weight is 232 g/mol. The van der Waals surface area contributed by atoms with Crippen molar-refractivity contribution in [1.29, 1.82) is 0 Å². The lowest BCUT2D eigenvalue weighted by atomic mass is 10.0. The molecule has 1 aromatic carbocycles. The predicted molar refractivity (Wildman–Crippen MR) is 68.6 cm³/mol. The van der Waals surface area contributed by atoms with Crippen LogP contribution in [-0.2, 0) is 4.79 Å². The topological polar surface area (TPSA) is 41.1 Å². The molecular weight excluding hydrogens is 212 g/mol. The van der Waals surface area contributed by atoms with Crippen molar-refractivity contribution in [2.24, 2.45) is 0 Å². The molecule has 0 saturated carbocycles. The molecule has 1 aliphatic heterocycles. The molecule has 1 aliphatic rings. The molecule has 1 amide bonds. The van der Waals surface area contributed by atoms with Crippen molar-refractivity contribution >= 4 is 5.91 Å². The standard InChI is InChI=1S/C14H20N2O/c1-11(12-7-3-2-4-8-12)16-14(17)13-9-5-6-10-15-13/h2-4,7-8,11,13,15H,5-6,9-10H2,1H3,(H,16,17)/t11-,13-/m1/s1. The summed E-state index contributed by atoms with van der Waals surface area (Å²) >= 11 is 0. The number of piperidine rings is 1. The monoisotopic (exact) mass is 232 g/mol. The summed E-state index contributed by atoms with van der Waals surface area (Å²) in [5.41, 5.74) is 1.15. The van der Waals surface area contributed by atoms with E-state index in [9.17, 15) is 4.79 Å². The van der Waals surface area contributed by atoms with E-state index < -0.39 is 0 Å². The number of hydrogen-bond acceptors (Lipinski definition) is 2. The van der Waals surface area contributed by atoms with Gasteiger partial charge in [-0.3, -0.25) is 4.79 Å². The number of carbonyl (C=O) groups is 1.